The molecule has 0 saturated heterocycles. The van der Waals surface area contributed by atoms with Crippen LogP contribution in [0.15, 0.2) is 58.9 Å². The van der Waals surface area contributed by atoms with Gasteiger partial charge < -0.3 is 0 Å². The van der Waals surface area contributed by atoms with Crippen LogP contribution in [0.4, 0.5) is 0 Å². The van der Waals surface area contributed by atoms with Gasteiger partial charge in [0.05, 0.1) is 11.7 Å². The fourth-order valence-electron chi connectivity index (χ4n) is 3.93. The summed E-state index contributed by atoms with van der Waals surface area (Å²) in [6, 6.07) is 10.2. The molecule has 3 nitrogen and oxygen atoms in total. The van der Waals surface area contributed by atoms with Crippen molar-refractivity contribution in [3.63, 3.8) is 0 Å². The quantitative estimate of drug-likeness (QED) is 0.680. The van der Waals surface area contributed by atoms with Crippen molar-refractivity contribution in [2.24, 2.45) is 0 Å². The Morgan fingerprint density at radius 1 is 1.07 bits per heavy atom. The maximum absolute atomic E-state index is 13.6. The summed E-state index contributed by atoms with van der Waals surface area (Å²) in [7, 11) is 0. The lowest BCUT2D eigenvalue weighted by atomic mass is 9.93. The molecule has 1 atom stereocenters. The SMILES string of the molecule is CCCc1c(CC)nc(CC)n(C(C2=CCCC=C2)c2ccccc2)c1=O. The van der Waals surface area contributed by atoms with Gasteiger partial charge in [0, 0.05) is 12.0 Å². The molecule has 3 heteroatoms. The maximum Gasteiger partial charge on any atom is 0.257 e. The summed E-state index contributed by atoms with van der Waals surface area (Å²) in [4.78, 5) is 18.6. The molecule has 0 bridgehead atoms. The summed E-state index contributed by atoms with van der Waals surface area (Å²) in [5.74, 6) is 0.880. The number of rotatable bonds is 7. The Bertz CT molecular complexity index is 891. The molecule has 2 aromatic rings. The van der Waals surface area contributed by atoms with E-state index < -0.39 is 0 Å². The molecule has 1 aromatic heterocycles. The second kappa shape index (κ2) is 8.98. The van der Waals surface area contributed by atoms with Crippen molar-refractivity contribution in [3.8, 4) is 0 Å². The highest BCUT2D eigenvalue weighted by molar-refractivity contribution is 5.38. The molecule has 0 spiro atoms. The van der Waals surface area contributed by atoms with E-state index in [4.69, 9.17) is 4.98 Å². The molecular weight excluding hydrogens is 332 g/mol. The van der Waals surface area contributed by atoms with Crippen LogP contribution in [-0.2, 0) is 19.3 Å². The Hall–Kier alpha value is -2.42. The minimum atomic E-state index is -0.112. The summed E-state index contributed by atoms with van der Waals surface area (Å²) in [6.07, 6.45) is 12.0. The number of benzene rings is 1. The molecule has 1 unspecified atom stereocenters. The lowest BCUT2D eigenvalue weighted by Crippen LogP contribution is -2.34. The van der Waals surface area contributed by atoms with Gasteiger partial charge in [0.15, 0.2) is 0 Å². The number of allylic oxidation sites excluding steroid dienone is 4. The Labute approximate surface area is 162 Å². The average molecular weight is 363 g/mol. The average Bonchev–Trinajstić information content (AvgIpc) is 2.72. The maximum atomic E-state index is 13.6. The van der Waals surface area contributed by atoms with Crippen LogP contribution in [0.1, 0.15) is 68.7 Å². The largest absolute Gasteiger partial charge is 0.285 e. The van der Waals surface area contributed by atoms with Gasteiger partial charge in [-0.2, -0.15) is 0 Å². The molecule has 27 heavy (non-hydrogen) atoms. The first-order valence-electron chi connectivity index (χ1n) is 10.3. The van der Waals surface area contributed by atoms with E-state index in [2.05, 4.69) is 51.1 Å². The Kier molecular flexibility index (Phi) is 6.44. The molecule has 0 saturated carbocycles. The van der Waals surface area contributed by atoms with Gasteiger partial charge in [-0.1, -0.05) is 75.8 Å². The van der Waals surface area contributed by atoms with Gasteiger partial charge in [-0.25, -0.2) is 4.98 Å². The Morgan fingerprint density at radius 2 is 1.85 bits per heavy atom. The van der Waals surface area contributed by atoms with E-state index in [1.54, 1.807) is 0 Å². The minimum absolute atomic E-state index is 0.112. The third-order valence-corrected chi connectivity index (χ3v) is 5.23. The van der Waals surface area contributed by atoms with E-state index in [1.807, 2.05) is 22.8 Å². The van der Waals surface area contributed by atoms with E-state index in [0.29, 0.717) is 0 Å². The number of hydrogen-bond donors (Lipinski definition) is 0. The highest BCUT2D eigenvalue weighted by atomic mass is 16.1. The van der Waals surface area contributed by atoms with Crippen molar-refractivity contribution in [1.29, 1.82) is 0 Å². The van der Waals surface area contributed by atoms with E-state index in [0.717, 1.165) is 61.2 Å². The molecule has 1 aliphatic rings. The van der Waals surface area contributed by atoms with Crippen LogP contribution in [0.25, 0.3) is 0 Å². The Morgan fingerprint density at radius 3 is 2.44 bits per heavy atom. The molecule has 1 heterocycles. The molecule has 0 fully saturated rings. The van der Waals surface area contributed by atoms with E-state index >= 15 is 0 Å². The molecule has 0 aliphatic heterocycles. The third kappa shape index (κ3) is 3.97. The predicted molar refractivity (Wildman–Crippen MR) is 112 cm³/mol. The summed E-state index contributed by atoms with van der Waals surface area (Å²) in [5, 5.41) is 0. The van der Waals surface area contributed by atoms with Crippen LogP contribution >= 0.6 is 0 Å². The standard InChI is InChI=1S/C24H30N2O/c1-4-13-20-21(5-2)25-22(6-3)26(24(20)27)23(18-14-9-7-10-15-18)19-16-11-8-12-17-19/h7,9-11,14-17,23H,4-6,8,12-13H2,1-3H3. The molecule has 142 valence electrons. The van der Waals surface area contributed by atoms with Crippen molar-refractivity contribution in [2.75, 3.05) is 0 Å². The fourth-order valence-corrected chi connectivity index (χ4v) is 3.93. The smallest absolute Gasteiger partial charge is 0.257 e. The first kappa shape index (κ1) is 19.3. The van der Waals surface area contributed by atoms with E-state index in [1.165, 1.54) is 5.57 Å². The van der Waals surface area contributed by atoms with Crippen molar-refractivity contribution < 1.29 is 0 Å². The number of aromatic nitrogens is 2. The van der Waals surface area contributed by atoms with Gasteiger partial charge in [0.25, 0.3) is 5.56 Å². The Balaban J connectivity index is 2.28. The van der Waals surface area contributed by atoms with Crippen LogP contribution in [-0.4, -0.2) is 9.55 Å². The van der Waals surface area contributed by atoms with Crippen LogP contribution < -0.4 is 5.56 Å². The normalized spacial score (nSPS) is 14.9. The third-order valence-electron chi connectivity index (χ3n) is 5.23. The molecule has 0 amide bonds. The van der Waals surface area contributed by atoms with Crippen LogP contribution in [0, 0.1) is 0 Å². The van der Waals surface area contributed by atoms with Crippen LogP contribution in [0.3, 0.4) is 0 Å². The number of nitrogens with zero attached hydrogens (tertiary/aromatic N) is 2. The van der Waals surface area contributed by atoms with E-state index in [9.17, 15) is 4.79 Å². The summed E-state index contributed by atoms with van der Waals surface area (Å²) < 4.78 is 1.96. The second-order valence-corrected chi connectivity index (χ2v) is 7.08. The molecule has 0 N–H and O–H groups in total. The van der Waals surface area contributed by atoms with Crippen LogP contribution in [0.5, 0.6) is 0 Å². The lowest BCUT2D eigenvalue weighted by Gasteiger charge is -2.27. The zero-order valence-corrected chi connectivity index (χ0v) is 16.7. The number of aryl methyl sites for hydroxylation is 2. The summed E-state index contributed by atoms with van der Waals surface area (Å²) in [5.41, 5.74) is 4.32. The van der Waals surface area contributed by atoms with Crippen molar-refractivity contribution in [1.82, 2.24) is 9.55 Å². The number of hydrogen-bond acceptors (Lipinski definition) is 2. The van der Waals surface area contributed by atoms with Gasteiger partial charge in [-0.05, 0) is 36.8 Å². The summed E-state index contributed by atoms with van der Waals surface area (Å²) in [6.45, 7) is 6.30. The van der Waals surface area contributed by atoms with Crippen LogP contribution in [0.2, 0.25) is 0 Å². The first-order valence-corrected chi connectivity index (χ1v) is 10.3. The predicted octanol–water partition coefficient (Wildman–Crippen LogP) is 5.19. The van der Waals surface area contributed by atoms with E-state index in [-0.39, 0.29) is 11.6 Å². The molecule has 1 aliphatic carbocycles. The fraction of sp³-hybridized carbons (Fsp3) is 0.417. The van der Waals surface area contributed by atoms with Crippen molar-refractivity contribution in [3.05, 3.63) is 87.1 Å². The zero-order valence-electron chi connectivity index (χ0n) is 16.7. The van der Waals surface area contributed by atoms with Crippen molar-refractivity contribution in [2.45, 2.75) is 65.3 Å². The molecule has 1 aromatic carbocycles. The monoisotopic (exact) mass is 362 g/mol. The first-order chi connectivity index (χ1) is 13.2. The van der Waals surface area contributed by atoms with Gasteiger partial charge in [-0.3, -0.25) is 9.36 Å². The van der Waals surface area contributed by atoms with Gasteiger partial charge in [0.1, 0.15) is 5.82 Å². The highest BCUT2D eigenvalue weighted by Gasteiger charge is 2.24. The molecule has 3 rings (SSSR count). The lowest BCUT2D eigenvalue weighted by molar-refractivity contribution is 0.575. The minimum Gasteiger partial charge on any atom is -0.285 e. The van der Waals surface area contributed by atoms with Gasteiger partial charge in [-0.15, -0.1) is 0 Å². The van der Waals surface area contributed by atoms with Crippen molar-refractivity contribution >= 4 is 0 Å². The molecule has 0 radical (unpaired) electrons. The topological polar surface area (TPSA) is 34.9 Å². The van der Waals surface area contributed by atoms with Gasteiger partial charge >= 0.3 is 0 Å². The zero-order chi connectivity index (χ0) is 19.2. The summed E-state index contributed by atoms with van der Waals surface area (Å²) >= 11 is 0. The molecular formula is C24H30N2O. The van der Waals surface area contributed by atoms with Gasteiger partial charge in [0.2, 0.25) is 0 Å². The second-order valence-electron chi connectivity index (χ2n) is 7.08. The highest BCUT2D eigenvalue weighted by Crippen LogP contribution is 2.30.